The molecule has 1 amide bonds. The number of carbonyl (C=O) groups is 1. The maximum atomic E-state index is 12.3. The smallest absolute Gasteiger partial charge is 0.232 e. The molecule has 0 aliphatic rings. The summed E-state index contributed by atoms with van der Waals surface area (Å²) in [5.41, 5.74) is 1.15. The summed E-state index contributed by atoms with van der Waals surface area (Å²) in [6.07, 6.45) is 2.06. The fourth-order valence-electron chi connectivity index (χ4n) is 2.15. The van der Waals surface area contributed by atoms with Crippen LogP contribution >= 0.6 is 23.5 Å². The number of nitrogens with zero attached hydrogens (tertiary/aromatic N) is 1. The molecule has 2 rings (SSSR count). The zero-order chi connectivity index (χ0) is 17.4. The van der Waals surface area contributed by atoms with Crippen molar-refractivity contribution in [3.63, 3.8) is 0 Å². The molecule has 0 aliphatic carbocycles. The summed E-state index contributed by atoms with van der Waals surface area (Å²) in [4.78, 5) is 16.4. The number of hydrogen-bond donors (Lipinski definition) is 0. The largest absolute Gasteiger partial charge is 0.494 e. The van der Waals surface area contributed by atoms with Gasteiger partial charge in [-0.2, -0.15) is 0 Å². The van der Waals surface area contributed by atoms with Gasteiger partial charge in [0, 0.05) is 23.4 Å². The molecule has 0 bridgehead atoms. The lowest BCUT2D eigenvalue weighted by molar-refractivity contribution is -0.127. The molecule has 0 aliphatic heterocycles. The Balaban J connectivity index is 1.82. The Morgan fingerprint density at radius 3 is 2.25 bits per heavy atom. The molecule has 5 heteroatoms. The topological polar surface area (TPSA) is 29.5 Å². The summed E-state index contributed by atoms with van der Waals surface area (Å²) in [5.74, 6) is 1.43. The number of ether oxygens (including phenoxy) is 1. The van der Waals surface area contributed by atoms with Gasteiger partial charge in [-0.3, -0.25) is 4.79 Å². The lowest BCUT2D eigenvalue weighted by atomic mass is 10.2. The lowest BCUT2D eigenvalue weighted by Gasteiger charge is -2.17. The van der Waals surface area contributed by atoms with E-state index < -0.39 is 0 Å². The van der Waals surface area contributed by atoms with Gasteiger partial charge in [0.1, 0.15) is 5.75 Å². The van der Waals surface area contributed by atoms with E-state index in [0.29, 0.717) is 18.9 Å². The highest BCUT2D eigenvalue weighted by Crippen LogP contribution is 2.22. The molecule has 0 atom stereocenters. The van der Waals surface area contributed by atoms with Crippen LogP contribution in [0, 0.1) is 0 Å². The Morgan fingerprint density at radius 1 is 1.04 bits per heavy atom. The highest BCUT2D eigenvalue weighted by Gasteiger charge is 2.10. The molecule has 3 nitrogen and oxygen atoms in total. The van der Waals surface area contributed by atoms with Crippen LogP contribution in [-0.4, -0.2) is 36.5 Å². The van der Waals surface area contributed by atoms with Crippen LogP contribution in [0.15, 0.2) is 58.3 Å². The van der Waals surface area contributed by atoms with Gasteiger partial charge in [-0.15, -0.1) is 23.5 Å². The molecule has 0 saturated carbocycles. The van der Waals surface area contributed by atoms with Gasteiger partial charge in [0.25, 0.3) is 0 Å². The van der Waals surface area contributed by atoms with E-state index in [1.54, 1.807) is 28.4 Å². The van der Waals surface area contributed by atoms with E-state index in [2.05, 4.69) is 30.5 Å². The molecule has 0 unspecified atom stereocenters. The lowest BCUT2D eigenvalue weighted by Crippen LogP contribution is -2.27. The fraction of sp³-hybridized carbons (Fsp3) is 0.316. The van der Waals surface area contributed by atoms with E-state index in [0.717, 1.165) is 16.2 Å². The summed E-state index contributed by atoms with van der Waals surface area (Å²) < 4.78 is 5.42. The Labute approximate surface area is 152 Å². The molecule has 0 saturated heterocycles. The van der Waals surface area contributed by atoms with Crippen LogP contribution in [0.3, 0.4) is 0 Å². The molecule has 24 heavy (non-hydrogen) atoms. The molecular formula is C19H23NO2S2. The van der Waals surface area contributed by atoms with Crippen molar-refractivity contribution in [3.8, 4) is 5.75 Å². The van der Waals surface area contributed by atoms with Crippen molar-refractivity contribution in [2.24, 2.45) is 0 Å². The molecule has 2 aromatic carbocycles. The van der Waals surface area contributed by atoms with Gasteiger partial charge in [-0.05, 0) is 55.1 Å². The number of carbonyl (C=O) groups excluding carboxylic acids is 1. The molecule has 0 N–H and O–H groups in total. The van der Waals surface area contributed by atoms with E-state index in [1.165, 1.54) is 4.90 Å². The average Bonchev–Trinajstić information content (AvgIpc) is 2.61. The van der Waals surface area contributed by atoms with Gasteiger partial charge in [0.2, 0.25) is 5.91 Å². The molecule has 0 spiro atoms. The first kappa shape index (κ1) is 18.7. The van der Waals surface area contributed by atoms with Crippen molar-refractivity contribution in [2.45, 2.75) is 23.3 Å². The third-order valence-corrected chi connectivity index (χ3v) is 5.24. The van der Waals surface area contributed by atoms with E-state index in [-0.39, 0.29) is 5.91 Å². The molecule has 128 valence electrons. The van der Waals surface area contributed by atoms with Crippen LogP contribution in [-0.2, 0) is 11.3 Å². The zero-order valence-electron chi connectivity index (χ0n) is 14.3. The summed E-state index contributed by atoms with van der Waals surface area (Å²) in [5, 5.41) is 0. The Hall–Kier alpha value is -1.59. The monoisotopic (exact) mass is 361 g/mol. The highest BCUT2D eigenvalue weighted by atomic mass is 32.2. The van der Waals surface area contributed by atoms with Crippen LogP contribution in [0.4, 0.5) is 0 Å². The minimum Gasteiger partial charge on any atom is -0.494 e. The first-order valence-corrected chi connectivity index (χ1v) is 10.1. The van der Waals surface area contributed by atoms with E-state index in [4.69, 9.17) is 4.74 Å². The third kappa shape index (κ3) is 5.80. The number of rotatable bonds is 8. The van der Waals surface area contributed by atoms with Crippen LogP contribution in [0.1, 0.15) is 12.5 Å². The second-order valence-corrected chi connectivity index (χ2v) is 7.22. The van der Waals surface area contributed by atoms with Crippen LogP contribution < -0.4 is 4.74 Å². The number of hydrogen-bond acceptors (Lipinski definition) is 4. The van der Waals surface area contributed by atoms with Gasteiger partial charge in [-0.25, -0.2) is 0 Å². The Morgan fingerprint density at radius 2 is 1.67 bits per heavy atom. The van der Waals surface area contributed by atoms with Crippen LogP contribution in [0.5, 0.6) is 5.75 Å². The first-order valence-electron chi connectivity index (χ1n) is 7.85. The van der Waals surface area contributed by atoms with Crippen molar-refractivity contribution in [1.82, 2.24) is 4.90 Å². The van der Waals surface area contributed by atoms with E-state index in [1.807, 2.05) is 38.2 Å². The van der Waals surface area contributed by atoms with Gasteiger partial charge < -0.3 is 9.64 Å². The van der Waals surface area contributed by atoms with Crippen LogP contribution in [0.2, 0.25) is 0 Å². The molecule has 0 heterocycles. The number of amides is 1. The molecular weight excluding hydrogens is 338 g/mol. The van der Waals surface area contributed by atoms with E-state index >= 15 is 0 Å². The predicted molar refractivity (Wildman–Crippen MR) is 103 cm³/mol. The zero-order valence-corrected chi connectivity index (χ0v) is 16.0. The number of benzene rings is 2. The predicted octanol–water partition coefficient (Wildman–Crippen LogP) is 4.56. The highest BCUT2D eigenvalue weighted by molar-refractivity contribution is 8.00. The second-order valence-electron chi connectivity index (χ2n) is 5.29. The number of thioether (sulfide) groups is 2. The minimum absolute atomic E-state index is 0.128. The van der Waals surface area contributed by atoms with Gasteiger partial charge in [0.05, 0.1) is 12.4 Å². The summed E-state index contributed by atoms with van der Waals surface area (Å²) >= 11 is 3.27. The van der Waals surface area contributed by atoms with Crippen LogP contribution in [0.25, 0.3) is 0 Å². The Bertz CT molecular complexity index is 641. The summed E-state index contributed by atoms with van der Waals surface area (Å²) in [7, 11) is 1.85. The average molecular weight is 362 g/mol. The van der Waals surface area contributed by atoms with Crippen molar-refractivity contribution < 1.29 is 9.53 Å². The Kier molecular flexibility index (Phi) is 7.53. The first-order chi connectivity index (χ1) is 11.6. The van der Waals surface area contributed by atoms with Gasteiger partial charge >= 0.3 is 0 Å². The second kappa shape index (κ2) is 9.64. The minimum atomic E-state index is 0.128. The molecule has 0 aromatic heterocycles. The van der Waals surface area contributed by atoms with Gasteiger partial charge in [-0.1, -0.05) is 12.1 Å². The van der Waals surface area contributed by atoms with E-state index in [9.17, 15) is 4.79 Å². The normalized spacial score (nSPS) is 10.5. The van der Waals surface area contributed by atoms with Gasteiger partial charge in [0.15, 0.2) is 0 Å². The summed E-state index contributed by atoms with van der Waals surface area (Å²) in [6.45, 7) is 3.26. The quantitative estimate of drug-likeness (QED) is 0.645. The molecule has 0 radical (unpaired) electrons. The molecule has 0 fully saturated rings. The maximum Gasteiger partial charge on any atom is 0.232 e. The van der Waals surface area contributed by atoms with Crippen molar-refractivity contribution in [3.05, 3.63) is 54.1 Å². The van der Waals surface area contributed by atoms with Crippen molar-refractivity contribution in [2.75, 3.05) is 25.7 Å². The van der Waals surface area contributed by atoms with Crippen molar-refractivity contribution >= 4 is 29.4 Å². The fourth-order valence-corrected chi connectivity index (χ4v) is 3.39. The standard InChI is InChI=1S/C19H23NO2S2/c1-4-22-16-7-11-18(12-8-16)24-14-19(21)20(2)13-15-5-9-17(23-3)10-6-15/h5-12H,4,13-14H2,1-3H3. The SMILES string of the molecule is CCOc1ccc(SCC(=O)N(C)Cc2ccc(SC)cc2)cc1. The maximum absolute atomic E-state index is 12.3. The third-order valence-electron chi connectivity index (χ3n) is 3.50. The molecule has 2 aromatic rings. The summed E-state index contributed by atoms with van der Waals surface area (Å²) in [6, 6.07) is 16.2. The van der Waals surface area contributed by atoms with Crippen molar-refractivity contribution in [1.29, 1.82) is 0 Å².